The first-order valence-electron chi connectivity index (χ1n) is 9.52. The van der Waals surface area contributed by atoms with Gasteiger partial charge in [-0.3, -0.25) is 19.1 Å². The Hall–Kier alpha value is -3.75. The summed E-state index contributed by atoms with van der Waals surface area (Å²) < 4.78 is 17.6. The number of nitrogens with one attached hydrogen (secondary N) is 2. The highest BCUT2D eigenvalue weighted by atomic mass is 19.1. The van der Waals surface area contributed by atoms with Crippen LogP contribution in [0.2, 0.25) is 0 Å². The van der Waals surface area contributed by atoms with Gasteiger partial charge in [-0.2, -0.15) is 0 Å². The van der Waals surface area contributed by atoms with Gasteiger partial charge in [-0.05, 0) is 49.2 Å². The summed E-state index contributed by atoms with van der Waals surface area (Å²) in [6.45, 7) is 0.841. The molecular formula is C21H19FN4O4. The molecule has 3 aromatic rings. The zero-order valence-corrected chi connectivity index (χ0v) is 15.9. The smallest absolute Gasteiger partial charge is 0.338 e. The maximum Gasteiger partial charge on any atom is 0.439 e. The van der Waals surface area contributed by atoms with Gasteiger partial charge in [0.05, 0.1) is 5.92 Å². The average Bonchev–Trinajstić information content (AvgIpc) is 3.20. The fourth-order valence-electron chi connectivity index (χ4n) is 3.49. The second kappa shape index (κ2) is 8.32. The van der Waals surface area contributed by atoms with E-state index in [0.717, 1.165) is 0 Å². The van der Waals surface area contributed by atoms with Crippen molar-refractivity contribution in [3.05, 3.63) is 70.5 Å². The first-order valence-corrected chi connectivity index (χ1v) is 9.52. The average molecular weight is 410 g/mol. The van der Waals surface area contributed by atoms with Crippen molar-refractivity contribution in [3.63, 3.8) is 0 Å². The second-order valence-corrected chi connectivity index (χ2v) is 7.11. The van der Waals surface area contributed by atoms with Gasteiger partial charge in [0.1, 0.15) is 5.82 Å². The van der Waals surface area contributed by atoms with Crippen LogP contribution in [0.5, 0.6) is 0 Å². The lowest BCUT2D eigenvalue weighted by atomic mass is 9.96. The molecule has 1 unspecified atom stereocenters. The quantitative estimate of drug-likeness (QED) is 0.687. The Bertz CT molecular complexity index is 1120. The Kier molecular flexibility index (Phi) is 5.42. The van der Waals surface area contributed by atoms with Crippen LogP contribution >= 0.6 is 0 Å². The van der Waals surface area contributed by atoms with E-state index in [1.165, 1.54) is 24.3 Å². The fourth-order valence-corrected chi connectivity index (χ4v) is 3.49. The number of rotatable bonds is 4. The molecule has 0 aliphatic carbocycles. The second-order valence-electron chi connectivity index (χ2n) is 7.11. The molecule has 154 valence electrons. The van der Waals surface area contributed by atoms with E-state index >= 15 is 0 Å². The highest BCUT2D eigenvalue weighted by molar-refractivity contribution is 5.96. The minimum absolute atomic E-state index is 0.197. The molecule has 8 nitrogen and oxygen atoms in total. The summed E-state index contributed by atoms with van der Waals surface area (Å²) in [5.74, 6) is -1.57. The lowest BCUT2D eigenvalue weighted by Crippen LogP contribution is -2.43. The Morgan fingerprint density at radius 1 is 1.20 bits per heavy atom. The van der Waals surface area contributed by atoms with E-state index in [2.05, 4.69) is 20.0 Å². The molecule has 2 aromatic carbocycles. The molecule has 1 aliphatic heterocycles. The van der Waals surface area contributed by atoms with Crippen LogP contribution in [0, 0.1) is 11.7 Å². The van der Waals surface area contributed by atoms with Crippen molar-refractivity contribution in [1.29, 1.82) is 0 Å². The number of nitrogens with zero attached hydrogens (tertiary/aromatic N) is 2. The van der Waals surface area contributed by atoms with Gasteiger partial charge in [0, 0.05) is 29.9 Å². The number of H-pyrrole nitrogens is 1. The molecule has 1 saturated heterocycles. The number of aromatic amines is 1. The first-order chi connectivity index (χ1) is 14.5. The van der Waals surface area contributed by atoms with E-state index in [1.807, 2.05) is 0 Å². The van der Waals surface area contributed by atoms with Crippen LogP contribution in [0.3, 0.4) is 0 Å². The van der Waals surface area contributed by atoms with Crippen molar-refractivity contribution in [2.75, 3.05) is 18.4 Å². The Balaban J connectivity index is 1.43. The summed E-state index contributed by atoms with van der Waals surface area (Å²) in [7, 11) is 0. The zero-order valence-electron chi connectivity index (χ0n) is 15.9. The molecule has 1 fully saturated rings. The van der Waals surface area contributed by atoms with Crippen molar-refractivity contribution < 1.29 is 18.5 Å². The minimum Gasteiger partial charge on any atom is -0.338 e. The molecule has 1 atom stereocenters. The molecule has 2 amide bonds. The normalized spacial score (nSPS) is 16.3. The summed E-state index contributed by atoms with van der Waals surface area (Å²) in [5, 5.41) is 6.49. The van der Waals surface area contributed by atoms with Gasteiger partial charge in [0.25, 0.3) is 5.91 Å². The van der Waals surface area contributed by atoms with E-state index in [4.69, 9.17) is 0 Å². The van der Waals surface area contributed by atoms with Crippen LogP contribution in [-0.4, -0.2) is 39.9 Å². The maximum atomic E-state index is 13.1. The SMILES string of the molecule is O=C(Nc1cccc(-c2noc(=O)[nH]2)c1)C1CCCN(C(=O)c2ccc(F)cc2)C1. The Morgan fingerprint density at radius 2 is 2.00 bits per heavy atom. The summed E-state index contributed by atoms with van der Waals surface area (Å²) in [4.78, 5) is 40.7. The highest BCUT2D eigenvalue weighted by Crippen LogP contribution is 2.23. The third kappa shape index (κ3) is 4.29. The van der Waals surface area contributed by atoms with Gasteiger partial charge in [-0.25, -0.2) is 9.18 Å². The van der Waals surface area contributed by atoms with Crippen LogP contribution in [0.25, 0.3) is 11.4 Å². The van der Waals surface area contributed by atoms with Crippen LogP contribution in [0.4, 0.5) is 10.1 Å². The molecule has 9 heteroatoms. The molecule has 0 spiro atoms. The number of anilines is 1. The Labute approximate surface area is 170 Å². The number of likely N-dealkylation sites (tertiary alicyclic amines) is 1. The molecule has 2 N–H and O–H groups in total. The largest absolute Gasteiger partial charge is 0.439 e. The van der Waals surface area contributed by atoms with E-state index < -0.39 is 11.6 Å². The molecule has 30 heavy (non-hydrogen) atoms. The van der Waals surface area contributed by atoms with Crippen LogP contribution in [0.15, 0.2) is 57.8 Å². The number of aromatic nitrogens is 2. The standard InChI is InChI=1S/C21H19FN4O4/c22-16-8-6-13(7-9-16)20(28)26-10-2-4-15(12-26)19(27)23-17-5-1-3-14(11-17)18-24-21(29)30-25-18/h1,3,5-9,11,15H,2,4,10,12H2,(H,23,27)(H,24,25,29). The van der Waals surface area contributed by atoms with Gasteiger partial charge < -0.3 is 10.2 Å². The zero-order chi connectivity index (χ0) is 21.1. The number of carbonyl (C=O) groups excluding carboxylic acids is 2. The first kappa shape index (κ1) is 19.6. The predicted molar refractivity (Wildman–Crippen MR) is 106 cm³/mol. The number of halogens is 1. The van der Waals surface area contributed by atoms with Gasteiger partial charge in [0.2, 0.25) is 5.91 Å². The highest BCUT2D eigenvalue weighted by Gasteiger charge is 2.29. The molecule has 1 aromatic heterocycles. The summed E-state index contributed by atoms with van der Waals surface area (Å²) in [6, 6.07) is 12.2. The van der Waals surface area contributed by atoms with Crippen LogP contribution in [0.1, 0.15) is 23.2 Å². The third-order valence-corrected chi connectivity index (χ3v) is 5.01. The number of hydrogen-bond acceptors (Lipinski definition) is 5. The van der Waals surface area contributed by atoms with Gasteiger partial charge in [-0.1, -0.05) is 17.3 Å². The van der Waals surface area contributed by atoms with Gasteiger partial charge >= 0.3 is 5.76 Å². The number of carbonyl (C=O) groups is 2. The monoisotopic (exact) mass is 410 g/mol. The van der Waals surface area contributed by atoms with E-state index in [9.17, 15) is 18.8 Å². The lowest BCUT2D eigenvalue weighted by Gasteiger charge is -2.32. The van der Waals surface area contributed by atoms with Crippen LogP contribution in [-0.2, 0) is 4.79 Å². The number of benzene rings is 2. The fraction of sp³-hybridized carbons (Fsp3) is 0.238. The van der Waals surface area contributed by atoms with E-state index in [-0.39, 0.29) is 23.6 Å². The topological polar surface area (TPSA) is 108 Å². The predicted octanol–water partition coefficient (Wildman–Crippen LogP) is 2.66. The molecule has 1 aliphatic rings. The minimum atomic E-state index is -0.660. The van der Waals surface area contributed by atoms with E-state index in [0.29, 0.717) is 42.7 Å². The van der Waals surface area contributed by atoms with Crippen molar-refractivity contribution in [3.8, 4) is 11.4 Å². The summed E-state index contributed by atoms with van der Waals surface area (Å²) >= 11 is 0. The van der Waals surface area contributed by atoms with Crippen molar-refractivity contribution >= 4 is 17.5 Å². The van der Waals surface area contributed by atoms with E-state index in [1.54, 1.807) is 29.2 Å². The number of piperidine rings is 1. The molecule has 0 radical (unpaired) electrons. The maximum absolute atomic E-state index is 13.1. The lowest BCUT2D eigenvalue weighted by molar-refractivity contribution is -0.121. The molecule has 0 bridgehead atoms. The molecule has 4 rings (SSSR count). The van der Waals surface area contributed by atoms with Crippen molar-refractivity contribution in [2.24, 2.45) is 5.92 Å². The van der Waals surface area contributed by atoms with Crippen molar-refractivity contribution in [1.82, 2.24) is 15.0 Å². The van der Waals surface area contributed by atoms with Gasteiger partial charge in [-0.15, -0.1) is 0 Å². The third-order valence-electron chi connectivity index (χ3n) is 5.01. The summed E-state index contributed by atoms with van der Waals surface area (Å²) in [5.41, 5.74) is 1.53. The Morgan fingerprint density at radius 3 is 2.73 bits per heavy atom. The number of amides is 2. The molecule has 2 heterocycles. The van der Waals surface area contributed by atoms with Crippen molar-refractivity contribution in [2.45, 2.75) is 12.8 Å². The summed E-state index contributed by atoms with van der Waals surface area (Å²) in [6.07, 6.45) is 1.36. The van der Waals surface area contributed by atoms with Gasteiger partial charge in [0.15, 0.2) is 5.82 Å². The van der Waals surface area contributed by atoms with Crippen LogP contribution < -0.4 is 11.1 Å². The molecular weight excluding hydrogens is 391 g/mol. The molecule has 0 saturated carbocycles. The number of hydrogen-bond donors (Lipinski definition) is 2.